The Morgan fingerprint density at radius 2 is 2.00 bits per heavy atom. The van der Waals surface area contributed by atoms with Gasteiger partial charge >= 0.3 is 0 Å². The Hall–Kier alpha value is -2.45. The van der Waals surface area contributed by atoms with Crippen molar-refractivity contribution in [2.24, 2.45) is 0 Å². The Kier molecular flexibility index (Phi) is 6.49. The molecule has 1 N–H and O–H groups in total. The summed E-state index contributed by atoms with van der Waals surface area (Å²) in [5, 5.41) is 13.3. The van der Waals surface area contributed by atoms with E-state index in [1.54, 1.807) is 12.1 Å². The van der Waals surface area contributed by atoms with E-state index in [9.17, 15) is 23.7 Å². The fourth-order valence-electron chi connectivity index (χ4n) is 1.89. The van der Waals surface area contributed by atoms with Crippen LogP contribution < -0.4 is 5.32 Å². The average molecular weight is 385 g/mol. The summed E-state index contributed by atoms with van der Waals surface area (Å²) in [7, 11) is 0. The molecule has 0 radical (unpaired) electrons. The van der Waals surface area contributed by atoms with Gasteiger partial charge in [-0.15, -0.1) is 0 Å². The van der Waals surface area contributed by atoms with Crippen molar-refractivity contribution in [3.05, 3.63) is 69.2 Å². The number of halogens is 3. The minimum absolute atomic E-state index is 0.00967. The molecular formula is C16H11ClF2N2O3S. The van der Waals surface area contributed by atoms with E-state index >= 15 is 0 Å². The van der Waals surface area contributed by atoms with Crippen molar-refractivity contribution in [3.8, 4) is 0 Å². The number of nitrogens with zero attached hydrogens (tertiary/aromatic N) is 1. The monoisotopic (exact) mass is 384 g/mol. The van der Waals surface area contributed by atoms with Crippen molar-refractivity contribution < 1.29 is 18.5 Å². The van der Waals surface area contributed by atoms with Gasteiger partial charge in [-0.05, 0) is 29.8 Å². The molecule has 0 bridgehead atoms. The van der Waals surface area contributed by atoms with Crippen LogP contribution in [0.25, 0.3) is 6.08 Å². The normalized spacial score (nSPS) is 11.0. The lowest BCUT2D eigenvalue weighted by molar-refractivity contribution is -0.384. The van der Waals surface area contributed by atoms with E-state index in [4.69, 9.17) is 11.6 Å². The third-order valence-electron chi connectivity index (χ3n) is 2.96. The van der Waals surface area contributed by atoms with Crippen molar-refractivity contribution in [1.29, 1.82) is 0 Å². The van der Waals surface area contributed by atoms with Gasteiger partial charge in [0.05, 0.1) is 10.6 Å². The molecule has 0 fully saturated rings. The Bertz CT molecular complexity index is 831. The van der Waals surface area contributed by atoms with Crippen molar-refractivity contribution in [3.63, 3.8) is 0 Å². The third kappa shape index (κ3) is 5.54. The second kappa shape index (κ2) is 8.59. The minimum atomic E-state index is -2.61. The number of alkyl halides is 2. The maximum atomic E-state index is 12.5. The van der Waals surface area contributed by atoms with Crippen LogP contribution in [0.2, 0.25) is 5.02 Å². The topological polar surface area (TPSA) is 72.2 Å². The Labute approximate surface area is 150 Å². The summed E-state index contributed by atoms with van der Waals surface area (Å²) in [5.74, 6) is -3.16. The number of carbonyl (C=O) groups excluding carboxylic acids is 1. The van der Waals surface area contributed by atoms with Gasteiger partial charge in [-0.3, -0.25) is 14.9 Å². The molecule has 0 aliphatic heterocycles. The molecule has 25 heavy (non-hydrogen) atoms. The molecule has 0 spiro atoms. The molecule has 0 saturated heterocycles. The highest BCUT2D eigenvalue weighted by Gasteiger charge is 2.12. The van der Waals surface area contributed by atoms with E-state index in [1.165, 1.54) is 36.4 Å². The predicted octanol–water partition coefficient (Wildman–Crippen LogP) is 5.21. The van der Waals surface area contributed by atoms with Gasteiger partial charge in [0.1, 0.15) is 5.02 Å². The number of nitrogens with one attached hydrogen (secondary N) is 1. The highest BCUT2D eigenvalue weighted by molar-refractivity contribution is 7.99. The van der Waals surface area contributed by atoms with Crippen LogP contribution in [0.4, 0.5) is 20.2 Å². The van der Waals surface area contributed by atoms with Crippen LogP contribution in [0.1, 0.15) is 5.56 Å². The highest BCUT2D eigenvalue weighted by atomic mass is 35.5. The summed E-state index contributed by atoms with van der Waals surface area (Å²) in [4.78, 5) is 22.4. The number of amides is 1. The van der Waals surface area contributed by atoms with Crippen LogP contribution in [-0.2, 0) is 4.79 Å². The molecule has 0 unspecified atom stereocenters. The molecular weight excluding hydrogens is 374 g/mol. The molecule has 0 atom stereocenters. The molecule has 2 rings (SSSR count). The second-order valence-electron chi connectivity index (χ2n) is 4.67. The van der Waals surface area contributed by atoms with Gasteiger partial charge in [-0.1, -0.05) is 41.6 Å². The Balaban J connectivity index is 2.12. The number of nitro groups is 1. The van der Waals surface area contributed by atoms with E-state index < -0.39 is 16.6 Å². The summed E-state index contributed by atoms with van der Waals surface area (Å²) in [6, 6.07) is 10.3. The summed E-state index contributed by atoms with van der Waals surface area (Å²) < 4.78 is 25.0. The van der Waals surface area contributed by atoms with Gasteiger partial charge in [0.2, 0.25) is 5.91 Å². The number of hydrogen-bond donors (Lipinski definition) is 1. The van der Waals surface area contributed by atoms with Crippen LogP contribution in [0.15, 0.2) is 53.4 Å². The van der Waals surface area contributed by atoms with Crippen molar-refractivity contribution in [2.45, 2.75) is 10.7 Å². The largest absolute Gasteiger partial charge is 0.321 e. The molecule has 1 amide bonds. The maximum Gasteiger partial charge on any atom is 0.288 e. The first-order valence-electron chi connectivity index (χ1n) is 6.83. The molecule has 9 heteroatoms. The van der Waals surface area contributed by atoms with Crippen molar-refractivity contribution >= 4 is 46.7 Å². The SMILES string of the molecule is O=C(C=Cc1ccc(Cl)c([N+](=O)[O-])c1)Nc1ccccc1SC(F)F. The molecule has 0 saturated carbocycles. The number of benzene rings is 2. The number of thioether (sulfide) groups is 1. The number of carbonyl (C=O) groups is 1. The first kappa shape index (κ1) is 18.9. The predicted molar refractivity (Wildman–Crippen MR) is 94.1 cm³/mol. The van der Waals surface area contributed by atoms with E-state index in [0.29, 0.717) is 17.3 Å². The zero-order valence-electron chi connectivity index (χ0n) is 12.5. The quantitative estimate of drug-likeness (QED) is 0.321. The molecule has 0 heterocycles. The summed E-state index contributed by atoms with van der Waals surface area (Å²) in [5.41, 5.74) is 0.383. The number of nitro benzene ring substituents is 1. The fraction of sp³-hybridized carbons (Fsp3) is 0.0625. The molecule has 0 aliphatic carbocycles. The van der Waals surface area contributed by atoms with Crippen LogP contribution in [0.5, 0.6) is 0 Å². The third-order valence-corrected chi connectivity index (χ3v) is 4.06. The zero-order valence-corrected chi connectivity index (χ0v) is 14.1. The van der Waals surface area contributed by atoms with Gasteiger partial charge in [-0.25, -0.2) is 0 Å². The zero-order chi connectivity index (χ0) is 18.4. The average Bonchev–Trinajstić information content (AvgIpc) is 2.55. The minimum Gasteiger partial charge on any atom is -0.321 e. The number of anilines is 1. The van der Waals surface area contributed by atoms with E-state index in [-0.39, 0.29) is 21.3 Å². The van der Waals surface area contributed by atoms with E-state index in [0.717, 1.165) is 6.08 Å². The molecule has 0 aromatic heterocycles. The van der Waals surface area contributed by atoms with Gasteiger partial charge < -0.3 is 5.32 Å². The van der Waals surface area contributed by atoms with E-state index in [2.05, 4.69) is 5.32 Å². The lowest BCUT2D eigenvalue weighted by atomic mass is 10.2. The summed E-state index contributed by atoms with van der Waals surface area (Å²) in [6.45, 7) is 0. The van der Waals surface area contributed by atoms with E-state index in [1.807, 2.05) is 0 Å². The fourth-order valence-corrected chi connectivity index (χ4v) is 2.67. The lowest BCUT2D eigenvalue weighted by Gasteiger charge is -2.08. The Morgan fingerprint density at radius 3 is 2.68 bits per heavy atom. The Morgan fingerprint density at radius 1 is 1.28 bits per heavy atom. The van der Waals surface area contributed by atoms with Crippen LogP contribution >= 0.6 is 23.4 Å². The van der Waals surface area contributed by atoms with Crippen molar-refractivity contribution in [1.82, 2.24) is 0 Å². The van der Waals surface area contributed by atoms with Crippen LogP contribution in [0.3, 0.4) is 0 Å². The first-order chi connectivity index (χ1) is 11.9. The molecule has 130 valence electrons. The second-order valence-corrected chi connectivity index (χ2v) is 6.10. The van der Waals surface area contributed by atoms with Gasteiger partial charge in [0.15, 0.2) is 0 Å². The number of para-hydroxylation sites is 1. The summed E-state index contributed by atoms with van der Waals surface area (Å²) >= 11 is 6.04. The van der Waals surface area contributed by atoms with Gasteiger partial charge in [-0.2, -0.15) is 8.78 Å². The van der Waals surface area contributed by atoms with Gasteiger partial charge in [0, 0.05) is 17.0 Å². The number of rotatable bonds is 6. The highest BCUT2D eigenvalue weighted by Crippen LogP contribution is 2.31. The smallest absolute Gasteiger partial charge is 0.288 e. The molecule has 2 aromatic rings. The lowest BCUT2D eigenvalue weighted by Crippen LogP contribution is -2.08. The molecule has 0 aliphatic rings. The molecule has 5 nitrogen and oxygen atoms in total. The van der Waals surface area contributed by atoms with Crippen LogP contribution in [-0.4, -0.2) is 16.6 Å². The molecule has 2 aromatic carbocycles. The standard InChI is InChI=1S/C16H11ClF2N2O3S/c17-11-7-5-10(9-13(11)21(23)24)6-8-15(22)20-12-3-1-2-4-14(12)25-16(18)19/h1-9,16H,(H,20,22). The first-order valence-corrected chi connectivity index (χ1v) is 8.09. The maximum absolute atomic E-state index is 12.5. The summed E-state index contributed by atoms with van der Waals surface area (Å²) in [6.07, 6.45) is 2.51. The van der Waals surface area contributed by atoms with Crippen molar-refractivity contribution in [2.75, 3.05) is 5.32 Å². The van der Waals surface area contributed by atoms with Gasteiger partial charge in [0.25, 0.3) is 11.4 Å². The van der Waals surface area contributed by atoms with Crippen LogP contribution in [0, 0.1) is 10.1 Å². The number of hydrogen-bond acceptors (Lipinski definition) is 4.